The molecule has 0 unspecified atom stereocenters. The Morgan fingerprint density at radius 1 is 1.00 bits per heavy atom. The number of hydrogen-bond donors (Lipinski definition) is 0. The molecule has 0 atom stereocenters. The number of carbonyl (C=O) groups excluding carboxylic acids is 1. The molecule has 8 nitrogen and oxygen atoms in total. The fraction of sp³-hybridized carbons (Fsp3) is 0.300. The standard InChI is InChI=1S/C20H23N7O/c1-24(2)18-7-8-19(23-22-18)25-11-13-26(14-12-25)20(28)16-5-3-6-17(15-16)27-10-4-9-21-27/h3-10,15H,11-14H2,1-2H3. The molecule has 0 radical (unpaired) electrons. The third-order valence-electron chi connectivity index (χ3n) is 4.85. The first-order valence-electron chi connectivity index (χ1n) is 9.27. The maximum atomic E-state index is 12.9. The zero-order chi connectivity index (χ0) is 19.5. The van der Waals surface area contributed by atoms with Crippen LogP contribution >= 0.6 is 0 Å². The van der Waals surface area contributed by atoms with E-state index < -0.39 is 0 Å². The van der Waals surface area contributed by atoms with Crippen LogP contribution in [0.4, 0.5) is 11.6 Å². The molecule has 1 aromatic carbocycles. The van der Waals surface area contributed by atoms with Crippen LogP contribution in [0.25, 0.3) is 5.69 Å². The lowest BCUT2D eigenvalue weighted by atomic mass is 10.1. The molecule has 8 heteroatoms. The van der Waals surface area contributed by atoms with E-state index in [0.717, 1.165) is 30.4 Å². The summed E-state index contributed by atoms with van der Waals surface area (Å²) < 4.78 is 1.75. The molecule has 0 saturated carbocycles. The van der Waals surface area contributed by atoms with E-state index in [0.29, 0.717) is 18.7 Å². The van der Waals surface area contributed by atoms with Crippen molar-refractivity contribution in [2.45, 2.75) is 0 Å². The lowest BCUT2D eigenvalue weighted by Crippen LogP contribution is -2.49. The van der Waals surface area contributed by atoms with E-state index in [-0.39, 0.29) is 5.91 Å². The minimum atomic E-state index is 0.0442. The van der Waals surface area contributed by atoms with E-state index in [9.17, 15) is 4.79 Å². The van der Waals surface area contributed by atoms with Crippen LogP contribution in [0.5, 0.6) is 0 Å². The Balaban J connectivity index is 1.41. The van der Waals surface area contributed by atoms with Crippen LogP contribution in [0.3, 0.4) is 0 Å². The molecular weight excluding hydrogens is 354 g/mol. The van der Waals surface area contributed by atoms with Gasteiger partial charge in [0.25, 0.3) is 5.91 Å². The van der Waals surface area contributed by atoms with Crippen molar-refractivity contribution >= 4 is 17.5 Å². The van der Waals surface area contributed by atoms with Crippen molar-refractivity contribution < 1.29 is 4.79 Å². The van der Waals surface area contributed by atoms with Gasteiger partial charge in [-0.25, -0.2) is 4.68 Å². The van der Waals surface area contributed by atoms with Gasteiger partial charge in [0, 0.05) is 58.2 Å². The lowest BCUT2D eigenvalue weighted by Gasteiger charge is -2.35. The maximum absolute atomic E-state index is 12.9. The van der Waals surface area contributed by atoms with Crippen molar-refractivity contribution in [1.29, 1.82) is 0 Å². The van der Waals surface area contributed by atoms with Gasteiger partial charge < -0.3 is 14.7 Å². The van der Waals surface area contributed by atoms with E-state index in [1.54, 1.807) is 10.9 Å². The third kappa shape index (κ3) is 3.66. The number of aromatic nitrogens is 4. The first kappa shape index (κ1) is 18.0. The fourth-order valence-corrected chi connectivity index (χ4v) is 3.25. The summed E-state index contributed by atoms with van der Waals surface area (Å²) in [6.07, 6.45) is 3.59. The molecule has 1 aliphatic rings. The number of hydrogen-bond acceptors (Lipinski definition) is 6. The van der Waals surface area contributed by atoms with Crippen molar-refractivity contribution in [3.8, 4) is 5.69 Å². The SMILES string of the molecule is CN(C)c1ccc(N2CCN(C(=O)c3cccc(-n4cccn4)c3)CC2)nn1. The quantitative estimate of drug-likeness (QED) is 0.689. The third-order valence-corrected chi connectivity index (χ3v) is 4.85. The summed E-state index contributed by atoms with van der Waals surface area (Å²) in [6, 6.07) is 13.4. The predicted octanol–water partition coefficient (Wildman–Crippen LogP) is 1.69. The molecule has 0 spiro atoms. The van der Waals surface area contributed by atoms with E-state index in [1.165, 1.54) is 0 Å². The average Bonchev–Trinajstić information content (AvgIpc) is 3.28. The van der Waals surface area contributed by atoms with Gasteiger partial charge in [-0.2, -0.15) is 5.10 Å². The number of anilines is 2. The van der Waals surface area contributed by atoms with Crippen molar-refractivity contribution in [2.24, 2.45) is 0 Å². The maximum Gasteiger partial charge on any atom is 0.254 e. The lowest BCUT2D eigenvalue weighted by molar-refractivity contribution is 0.0746. The Morgan fingerprint density at radius 2 is 1.82 bits per heavy atom. The van der Waals surface area contributed by atoms with E-state index in [1.807, 2.05) is 72.6 Å². The molecule has 4 rings (SSSR count). The number of nitrogens with zero attached hydrogens (tertiary/aromatic N) is 7. The molecule has 0 N–H and O–H groups in total. The summed E-state index contributed by atoms with van der Waals surface area (Å²) in [6.45, 7) is 2.78. The molecule has 0 aliphatic carbocycles. The molecule has 0 bridgehead atoms. The van der Waals surface area contributed by atoms with E-state index in [4.69, 9.17) is 0 Å². The zero-order valence-electron chi connectivity index (χ0n) is 16.1. The predicted molar refractivity (Wildman–Crippen MR) is 108 cm³/mol. The van der Waals surface area contributed by atoms with Gasteiger partial charge in [0.15, 0.2) is 11.6 Å². The largest absolute Gasteiger partial charge is 0.361 e. The summed E-state index contributed by atoms with van der Waals surface area (Å²) in [7, 11) is 3.88. The van der Waals surface area contributed by atoms with Crippen molar-refractivity contribution in [2.75, 3.05) is 50.1 Å². The molecule has 1 saturated heterocycles. The van der Waals surface area contributed by atoms with Crippen LogP contribution in [0.1, 0.15) is 10.4 Å². The van der Waals surface area contributed by atoms with Crippen molar-refractivity contribution in [3.63, 3.8) is 0 Å². The number of piperazine rings is 1. The topological polar surface area (TPSA) is 70.4 Å². The molecular formula is C20H23N7O. The van der Waals surface area contributed by atoms with Crippen LogP contribution < -0.4 is 9.80 Å². The monoisotopic (exact) mass is 377 g/mol. The normalized spacial score (nSPS) is 14.2. The molecule has 3 aromatic rings. The molecule has 1 amide bonds. The number of rotatable bonds is 4. The zero-order valence-corrected chi connectivity index (χ0v) is 16.1. The Kier molecular flexibility index (Phi) is 4.92. The number of amides is 1. The molecule has 144 valence electrons. The summed E-state index contributed by atoms with van der Waals surface area (Å²) >= 11 is 0. The van der Waals surface area contributed by atoms with Gasteiger partial charge in [-0.3, -0.25) is 4.79 Å². The summed E-state index contributed by atoms with van der Waals surface area (Å²) in [5, 5.41) is 12.8. The fourth-order valence-electron chi connectivity index (χ4n) is 3.25. The second-order valence-corrected chi connectivity index (χ2v) is 6.92. The van der Waals surface area contributed by atoms with Gasteiger partial charge in [-0.1, -0.05) is 6.07 Å². The summed E-state index contributed by atoms with van der Waals surface area (Å²) in [5.74, 6) is 1.72. The van der Waals surface area contributed by atoms with E-state index in [2.05, 4.69) is 20.2 Å². The van der Waals surface area contributed by atoms with Gasteiger partial charge in [0.05, 0.1) is 5.69 Å². The highest BCUT2D eigenvalue weighted by Crippen LogP contribution is 2.17. The van der Waals surface area contributed by atoms with Gasteiger partial charge in [0.1, 0.15) is 0 Å². The smallest absolute Gasteiger partial charge is 0.254 e. The van der Waals surface area contributed by atoms with Gasteiger partial charge in [-0.05, 0) is 36.4 Å². The highest BCUT2D eigenvalue weighted by Gasteiger charge is 2.23. The molecule has 2 aromatic heterocycles. The van der Waals surface area contributed by atoms with Crippen LogP contribution in [0, 0.1) is 0 Å². The van der Waals surface area contributed by atoms with Crippen LogP contribution in [0.15, 0.2) is 54.9 Å². The average molecular weight is 377 g/mol. The van der Waals surface area contributed by atoms with Gasteiger partial charge in [0.2, 0.25) is 0 Å². The summed E-state index contributed by atoms with van der Waals surface area (Å²) in [5.41, 5.74) is 1.56. The number of benzene rings is 1. The van der Waals surface area contributed by atoms with Crippen LogP contribution in [-0.2, 0) is 0 Å². The first-order chi connectivity index (χ1) is 13.6. The van der Waals surface area contributed by atoms with Crippen LogP contribution in [-0.4, -0.2) is 71.1 Å². The molecule has 28 heavy (non-hydrogen) atoms. The van der Waals surface area contributed by atoms with Gasteiger partial charge >= 0.3 is 0 Å². The first-order valence-corrected chi connectivity index (χ1v) is 9.27. The Labute approximate surface area is 164 Å². The second kappa shape index (κ2) is 7.67. The Hall–Kier alpha value is -3.42. The number of carbonyl (C=O) groups is 1. The second-order valence-electron chi connectivity index (χ2n) is 6.92. The Bertz CT molecular complexity index is 929. The van der Waals surface area contributed by atoms with E-state index >= 15 is 0 Å². The summed E-state index contributed by atoms with van der Waals surface area (Å²) in [4.78, 5) is 18.9. The van der Waals surface area contributed by atoms with Crippen molar-refractivity contribution in [3.05, 3.63) is 60.4 Å². The highest BCUT2D eigenvalue weighted by molar-refractivity contribution is 5.95. The minimum absolute atomic E-state index is 0.0442. The van der Waals surface area contributed by atoms with Crippen molar-refractivity contribution in [1.82, 2.24) is 24.9 Å². The van der Waals surface area contributed by atoms with Gasteiger partial charge in [-0.15, -0.1) is 10.2 Å². The minimum Gasteiger partial charge on any atom is -0.361 e. The molecule has 1 fully saturated rings. The molecule has 3 heterocycles. The Morgan fingerprint density at radius 3 is 2.46 bits per heavy atom. The van der Waals surface area contributed by atoms with Crippen LogP contribution in [0.2, 0.25) is 0 Å². The molecule has 1 aliphatic heterocycles. The highest BCUT2D eigenvalue weighted by atomic mass is 16.2.